The van der Waals surface area contributed by atoms with E-state index in [1.54, 1.807) is 0 Å². The number of aryl methyl sites for hydroxylation is 2. The first kappa shape index (κ1) is 21.9. The van der Waals surface area contributed by atoms with E-state index in [9.17, 15) is 19.5 Å². The maximum atomic E-state index is 12.5. The van der Waals surface area contributed by atoms with Crippen molar-refractivity contribution in [2.45, 2.75) is 77.0 Å². The van der Waals surface area contributed by atoms with Crippen LogP contribution in [0.4, 0.5) is 0 Å². The summed E-state index contributed by atoms with van der Waals surface area (Å²) in [4.78, 5) is 39.9. The molecule has 0 saturated carbocycles. The second-order valence-corrected chi connectivity index (χ2v) is 7.84. The first-order valence-corrected chi connectivity index (χ1v) is 10.7. The Kier molecular flexibility index (Phi) is 7.54. The number of aliphatic imine (C=N–C) groups is 1. The number of fused-ring (bicyclic) bond motifs is 1. The lowest BCUT2D eigenvalue weighted by Crippen LogP contribution is -2.21. The summed E-state index contributed by atoms with van der Waals surface area (Å²) in [5.41, 5.74) is 2.00. The van der Waals surface area contributed by atoms with E-state index < -0.39 is 5.97 Å². The van der Waals surface area contributed by atoms with Crippen molar-refractivity contribution < 1.29 is 29.1 Å². The number of nitrogens with zero attached hydrogens (tertiary/aromatic N) is 2. The smallest absolute Gasteiger partial charge is 0.303 e. The number of aromatic nitrogens is 1. The van der Waals surface area contributed by atoms with Crippen molar-refractivity contribution in [3.8, 4) is 0 Å². The molecule has 0 atom stereocenters. The van der Waals surface area contributed by atoms with Crippen LogP contribution in [0.2, 0.25) is 0 Å². The number of hydrogen-bond donors (Lipinski definition) is 2. The monoisotopic (exact) mass is 416 g/mol. The molecule has 8 nitrogen and oxygen atoms in total. The van der Waals surface area contributed by atoms with Gasteiger partial charge in [-0.3, -0.25) is 19.4 Å². The third kappa shape index (κ3) is 5.43. The summed E-state index contributed by atoms with van der Waals surface area (Å²) in [6, 6.07) is 0. The highest BCUT2D eigenvalue weighted by atomic mass is 16.5. The molecule has 0 saturated heterocycles. The van der Waals surface area contributed by atoms with Crippen LogP contribution in [-0.4, -0.2) is 45.2 Å². The van der Waals surface area contributed by atoms with Crippen LogP contribution in [0.3, 0.4) is 0 Å². The molecule has 0 radical (unpaired) electrons. The average molecular weight is 416 g/mol. The van der Waals surface area contributed by atoms with Gasteiger partial charge in [-0.25, -0.2) is 0 Å². The van der Waals surface area contributed by atoms with Gasteiger partial charge in [0, 0.05) is 44.4 Å². The van der Waals surface area contributed by atoms with Crippen molar-refractivity contribution in [1.29, 1.82) is 0 Å². The van der Waals surface area contributed by atoms with Gasteiger partial charge in [0.15, 0.2) is 11.6 Å². The molecule has 0 bridgehead atoms. The molecule has 0 amide bonds. The van der Waals surface area contributed by atoms with E-state index in [0.29, 0.717) is 92.6 Å². The van der Waals surface area contributed by atoms with E-state index in [2.05, 4.69) is 10.1 Å². The molecule has 0 spiro atoms. The Balaban J connectivity index is 1.71. The van der Waals surface area contributed by atoms with Gasteiger partial charge in [-0.15, -0.1) is 0 Å². The highest BCUT2D eigenvalue weighted by molar-refractivity contribution is 6.23. The summed E-state index contributed by atoms with van der Waals surface area (Å²) in [7, 11) is 0. The van der Waals surface area contributed by atoms with Crippen LogP contribution in [0.15, 0.2) is 20.8 Å². The molecule has 8 heteroatoms. The number of Topliss-reactive ketones (excluding diaryl/α,β-unsaturated/α-hetero) is 2. The molecule has 1 aromatic rings. The summed E-state index contributed by atoms with van der Waals surface area (Å²) >= 11 is 0. The van der Waals surface area contributed by atoms with Gasteiger partial charge in [0.05, 0.1) is 16.8 Å². The lowest BCUT2D eigenvalue weighted by atomic mass is 9.89. The third-order valence-corrected chi connectivity index (χ3v) is 5.54. The molecule has 1 heterocycles. The molecule has 1 aromatic heterocycles. The second kappa shape index (κ2) is 10.3. The Morgan fingerprint density at radius 2 is 1.77 bits per heavy atom. The SMILES string of the molecule is O=C(O)CCCCCN=C(CCc1noc2c1C(=O)CCC2)C1=C(O)CCCC1=O. The fraction of sp³-hybridized carbons (Fsp3) is 0.591. The van der Waals surface area contributed by atoms with Crippen molar-refractivity contribution in [3.05, 3.63) is 28.3 Å². The molecule has 2 aliphatic rings. The van der Waals surface area contributed by atoms with Gasteiger partial charge >= 0.3 is 5.97 Å². The summed E-state index contributed by atoms with van der Waals surface area (Å²) in [5, 5.41) is 23.1. The minimum absolute atomic E-state index is 0.0419. The fourth-order valence-electron chi connectivity index (χ4n) is 4.01. The molecule has 2 N–H and O–H groups in total. The van der Waals surface area contributed by atoms with Crippen LogP contribution in [0.5, 0.6) is 0 Å². The van der Waals surface area contributed by atoms with Crippen LogP contribution in [0, 0.1) is 0 Å². The van der Waals surface area contributed by atoms with E-state index in [1.165, 1.54) is 0 Å². The highest BCUT2D eigenvalue weighted by Crippen LogP contribution is 2.27. The number of aliphatic carboxylic acids is 1. The first-order chi connectivity index (χ1) is 14.5. The second-order valence-electron chi connectivity index (χ2n) is 7.84. The molecule has 0 aliphatic heterocycles. The van der Waals surface area contributed by atoms with Crippen molar-refractivity contribution >= 4 is 23.2 Å². The standard InChI is InChI=1S/C22H28N2O6/c25-16-6-4-7-17(26)21(16)14(23-13-3-1-2-10-20(28)29)11-12-15-22-18(27)8-5-9-19(22)30-24-15/h25H,1-13H2,(H,28,29). The van der Waals surface area contributed by atoms with Crippen molar-refractivity contribution in [3.63, 3.8) is 0 Å². The van der Waals surface area contributed by atoms with E-state index in [0.717, 1.165) is 12.8 Å². The number of allylic oxidation sites excluding steroid dienone is 2. The zero-order valence-corrected chi connectivity index (χ0v) is 17.1. The predicted molar refractivity (Wildman–Crippen MR) is 109 cm³/mol. The van der Waals surface area contributed by atoms with Gasteiger partial charge in [-0.05, 0) is 38.5 Å². The number of aliphatic hydroxyl groups is 1. The Hall–Kier alpha value is -2.77. The number of rotatable bonds is 10. The maximum Gasteiger partial charge on any atom is 0.303 e. The van der Waals surface area contributed by atoms with Gasteiger partial charge in [0.2, 0.25) is 0 Å². The first-order valence-electron chi connectivity index (χ1n) is 10.7. The lowest BCUT2D eigenvalue weighted by Gasteiger charge is -2.17. The number of unbranched alkanes of at least 4 members (excludes halogenated alkanes) is 2. The van der Waals surface area contributed by atoms with Crippen LogP contribution >= 0.6 is 0 Å². The van der Waals surface area contributed by atoms with Crippen LogP contribution in [0.1, 0.15) is 86.0 Å². The average Bonchev–Trinajstić information content (AvgIpc) is 3.12. The molecule has 0 fully saturated rings. The summed E-state index contributed by atoms with van der Waals surface area (Å²) in [5.74, 6) is -0.169. The zero-order chi connectivity index (χ0) is 21.5. The van der Waals surface area contributed by atoms with Gasteiger partial charge in [0.1, 0.15) is 11.5 Å². The Labute approximate surface area is 175 Å². The van der Waals surface area contributed by atoms with Crippen molar-refractivity contribution in [2.24, 2.45) is 4.99 Å². The largest absolute Gasteiger partial charge is 0.511 e. The van der Waals surface area contributed by atoms with E-state index in [1.807, 2.05) is 0 Å². The fourth-order valence-corrected chi connectivity index (χ4v) is 4.01. The third-order valence-electron chi connectivity index (χ3n) is 5.54. The van der Waals surface area contributed by atoms with Gasteiger partial charge in [-0.1, -0.05) is 11.6 Å². The molecule has 0 unspecified atom stereocenters. The van der Waals surface area contributed by atoms with E-state index >= 15 is 0 Å². The topological polar surface area (TPSA) is 130 Å². The molecular weight excluding hydrogens is 388 g/mol. The summed E-state index contributed by atoms with van der Waals surface area (Å²) in [6.45, 7) is 0.453. The number of hydrogen-bond acceptors (Lipinski definition) is 7. The Morgan fingerprint density at radius 3 is 2.53 bits per heavy atom. The number of carboxylic acid groups (broad SMARTS) is 1. The maximum absolute atomic E-state index is 12.5. The van der Waals surface area contributed by atoms with E-state index in [-0.39, 0.29) is 23.7 Å². The molecule has 3 rings (SSSR count). The highest BCUT2D eigenvalue weighted by Gasteiger charge is 2.28. The van der Waals surface area contributed by atoms with Gasteiger partial charge < -0.3 is 14.7 Å². The summed E-state index contributed by atoms with van der Waals surface area (Å²) < 4.78 is 5.34. The number of carbonyl (C=O) groups is 3. The number of carbonyl (C=O) groups excluding carboxylic acids is 2. The minimum atomic E-state index is -0.812. The molecule has 162 valence electrons. The number of aliphatic hydroxyl groups excluding tert-OH is 1. The van der Waals surface area contributed by atoms with Crippen LogP contribution in [0.25, 0.3) is 0 Å². The summed E-state index contributed by atoms with van der Waals surface area (Å²) in [6.07, 6.45) is 6.37. The lowest BCUT2D eigenvalue weighted by molar-refractivity contribution is -0.137. The molecule has 30 heavy (non-hydrogen) atoms. The Bertz CT molecular complexity index is 880. The number of ketones is 2. The normalized spacial score (nSPS) is 17.4. The van der Waals surface area contributed by atoms with Crippen molar-refractivity contribution in [2.75, 3.05) is 6.54 Å². The minimum Gasteiger partial charge on any atom is -0.511 e. The van der Waals surface area contributed by atoms with E-state index in [4.69, 9.17) is 9.63 Å². The zero-order valence-electron chi connectivity index (χ0n) is 17.1. The number of carboxylic acids is 1. The van der Waals surface area contributed by atoms with Gasteiger partial charge in [0.25, 0.3) is 0 Å². The van der Waals surface area contributed by atoms with Gasteiger partial charge in [-0.2, -0.15) is 0 Å². The molecule has 0 aromatic carbocycles. The molecular formula is C22H28N2O6. The van der Waals surface area contributed by atoms with Crippen LogP contribution < -0.4 is 0 Å². The Morgan fingerprint density at radius 1 is 1.00 bits per heavy atom. The molecule has 2 aliphatic carbocycles. The quantitative estimate of drug-likeness (QED) is 0.438. The van der Waals surface area contributed by atoms with Crippen LogP contribution in [-0.2, 0) is 22.4 Å². The predicted octanol–water partition coefficient (Wildman–Crippen LogP) is 3.78. The van der Waals surface area contributed by atoms with Crippen molar-refractivity contribution in [1.82, 2.24) is 5.16 Å².